The van der Waals surface area contributed by atoms with Crippen molar-refractivity contribution in [2.24, 2.45) is 0 Å². The van der Waals surface area contributed by atoms with Gasteiger partial charge in [0.25, 0.3) is 11.7 Å². The SMILES string of the molecule is Cc1ccccc1N1C(=O)C(=O)/C(=C(\O)c2ccc(Cl)cc2)C1c1ccco1. The maximum absolute atomic E-state index is 12.9. The number of hydrogen-bond acceptors (Lipinski definition) is 4. The summed E-state index contributed by atoms with van der Waals surface area (Å²) in [5.41, 5.74) is 1.78. The van der Waals surface area contributed by atoms with Gasteiger partial charge in [0.1, 0.15) is 17.6 Å². The quantitative estimate of drug-likeness (QED) is 0.391. The second-order valence-corrected chi connectivity index (χ2v) is 6.91. The zero-order chi connectivity index (χ0) is 19.8. The minimum atomic E-state index is -0.869. The first kappa shape index (κ1) is 18.1. The van der Waals surface area contributed by atoms with Crippen molar-refractivity contribution in [1.29, 1.82) is 0 Å². The Morgan fingerprint density at radius 1 is 1.04 bits per heavy atom. The number of amides is 1. The number of carbonyl (C=O) groups excluding carboxylic acids is 2. The van der Waals surface area contributed by atoms with E-state index in [9.17, 15) is 14.7 Å². The van der Waals surface area contributed by atoms with Crippen molar-refractivity contribution in [3.63, 3.8) is 0 Å². The minimum Gasteiger partial charge on any atom is -0.507 e. The molecule has 28 heavy (non-hydrogen) atoms. The van der Waals surface area contributed by atoms with Crippen LogP contribution in [0.2, 0.25) is 5.02 Å². The van der Waals surface area contributed by atoms with Gasteiger partial charge in [0.05, 0.1) is 11.8 Å². The number of ketones is 1. The molecule has 4 rings (SSSR count). The number of Topliss-reactive ketones (excluding diaryl/α,β-unsaturated/α-hetero) is 1. The third kappa shape index (κ3) is 2.90. The number of rotatable bonds is 3. The number of nitrogens with zero attached hydrogens (tertiary/aromatic N) is 1. The molecule has 1 aromatic heterocycles. The van der Waals surface area contributed by atoms with Crippen molar-refractivity contribution >= 4 is 34.7 Å². The van der Waals surface area contributed by atoms with Crippen molar-refractivity contribution in [1.82, 2.24) is 0 Å². The highest BCUT2D eigenvalue weighted by Crippen LogP contribution is 2.43. The van der Waals surface area contributed by atoms with Gasteiger partial charge in [-0.05, 0) is 55.0 Å². The van der Waals surface area contributed by atoms with Crippen molar-refractivity contribution in [3.05, 3.63) is 94.4 Å². The first-order valence-corrected chi connectivity index (χ1v) is 9.03. The highest BCUT2D eigenvalue weighted by Gasteiger charge is 2.48. The molecule has 6 heteroatoms. The standard InChI is InChI=1S/C22H16ClNO4/c1-13-5-2-3-6-16(13)24-19(17-7-4-12-28-17)18(21(26)22(24)27)20(25)14-8-10-15(23)11-9-14/h2-12,19,25H,1H3/b20-18-. The Morgan fingerprint density at radius 2 is 1.75 bits per heavy atom. The highest BCUT2D eigenvalue weighted by atomic mass is 35.5. The summed E-state index contributed by atoms with van der Waals surface area (Å²) in [7, 11) is 0. The van der Waals surface area contributed by atoms with E-state index in [1.54, 1.807) is 48.5 Å². The Morgan fingerprint density at radius 3 is 2.39 bits per heavy atom. The highest BCUT2D eigenvalue weighted by molar-refractivity contribution is 6.51. The summed E-state index contributed by atoms with van der Waals surface area (Å²) < 4.78 is 5.53. The van der Waals surface area contributed by atoms with E-state index < -0.39 is 17.7 Å². The summed E-state index contributed by atoms with van der Waals surface area (Å²) in [6.07, 6.45) is 1.47. The molecule has 140 valence electrons. The Hall–Kier alpha value is -3.31. The number of halogens is 1. The van der Waals surface area contributed by atoms with Crippen molar-refractivity contribution in [2.75, 3.05) is 4.90 Å². The minimum absolute atomic E-state index is 0.0227. The molecule has 1 N–H and O–H groups in total. The van der Waals surface area contributed by atoms with Crippen LogP contribution in [0.3, 0.4) is 0 Å². The van der Waals surface area contributed by atoms with Gasteiger partial charge in [0.15, 0.2) is 0 Å². The molecule has 5 nitrogen and oxygen atoms in total. The zero-order valence-electron chi connectivity index (χ0n) is 14.9. The molecule has 1 amide bonds. The summed E-state index contributed by atoms with van der Waals surface area (Å²) in [6, 6.07) is 16.2. The fourth-order valence-electron chi connectivity index (χ4n) is 3.39. The van der Waals surface area contributed by atoms with Gasteiger partial charge in [0, 0.05) is 16.3 Å². The summed E-state index contributed by atoms with van der Waals surface area (Å²) in [4.78, 5) is 27.2. The van der Waals surface area contributed by atoms with Crippen LogP contribution in [0, 0.1) is 6.92 Å². The number of benzene rings is 2. The van der Waals surface area contributed by atoms with Crippen LogP contribution in [0.25, 0.3) is 5.76 Å². The van der Waals surface area contributed by atoms with E-state index in [1.165, 1.54) is 11.2 Å². The molecule has 1 atom stereocenters. The van der Waals surface area contributed by atoms with Gasteiger partial charge < -0.3 is 9.52 Å². The fraction of sp³-hybridized carbons (Fsp3) is 0.0909. The number of anilines is 1. The van der Waals surface area contributed by atoms with Crippen LogP contribution in [-0.4, -0.2) is 16.8 Å². The summed E-state index contributed by atoms with van der Waals surface area (Å²) in [5, 5.41) is 11.4. The van der Waals surface area contributed by atoms with Gasteiger partial charge in [-0.15, -0.1) is 0 Å². The summed E-state index contributed by atoms with van der Waals surface area (Å²) in [6.45, 7) is 1.85. The number of furan rings is 1. The second-order valence-electron chi connectivity index (χ2n) is 6.48. The number of aliphatic hydroxyl groups excluding tert-OH is 1. The predicted molar refractivity (Wildman–Crippen MR) is 106 cm³/mol. The first-order chi connectivity index (χ1) is 13.5. The maximum atomic E-state index is 12.9. The lowest BCUT2D eigenvalue weighted by molar-refractivity contribution is -0.132. The van der Waals surface area contributed by atoms with E-state index >= 15 is 0 Å². The number of aliphatic hydroxyl groups is 1. The van der Waals surface area contributed by atoms with E-state index in [-0.39, 0.29) is 11.3 Å². The average Bonchev–Trinajstić information content (AvgIpc) is 3.30. The molecule has 0 bridgehead atoms. The van der Waals surface area contributed by atoms with Gasteiger partial charge in [-0.25, -0.2) is 0 Å². The van der Waals surface area contributed by atoms with Crippen molar-refractivity contribution in [3.8, 4) is 0 Å². The van der Waals surface area contributed by atoms with Crippen LogP contribution in [0.1, 0.15) is 22.9 Å². The third-order valence-electron chi connectivity index (χ3n) is 4.75. The lowest BCUT2D eigenvalue weighted by atomic mass is 9.99. The first-order valence-electron chi connectivity index (χ1n) is 8.65. The topological polar surface area (TPSA) is 70.8 Å². The van der Waals surface area contributed by atoms with Gasteiger partial charge in [-0.1, -0.05) is 29.8 Å². The lowest BCUT2D eigenvalue weighted by Gasteiger charge is -2.24. The molecular formula is C22H16ClNO4. The second kappa shape index (κ2) is 7.02. The average molecular weight is 394 g/mol. The van der Waals surface area contributed by atoms with E-state index in [1.807, 2.05) is 19.1 Å². The molecule has 3 aromatic rings. The van der Waals surface area contributed by atoms with Crippen LogP contribution >= 0.6 is 11.6 Å². The zero-order valence-corrected chi connectivity index (χ0v) is 15.7. The van der Waals surface area contributed by atoms with Crippen LogP contribution in [-0.2, 0) is 9.59 Å². The normalized spacial score (nSPS) is 18.6. The molecule has 1 saturated heterocycles. The Labute approximate surface area is 166 Å². The number of para-hydroxylation sites is 1. The molecular weight excluding hydrogens is 378 g/mol. The molecule has 2 heterocycles. The molecule has 0 spiro atoms. The van der Waals surface area contributed by atoms with Gasteiger partial charge in [0.2, 0.25) is 0 Å². The number of aryl methyl sites for hydroxylation is 1. The van der Waals surface area contributed by atoms with Crippen LogP contribution in [0.5, 0.6) is 0 Å². The molecule has 0 radical (unpaired) electrons. The largest absolute Gasteiger partial charge is 0.507 e. The van der Waals surface area contributed by atoms with E-state index in [0.717, 1.165) is 5.56 Å². The van der Waals surface area contributed by atoms with E-state index in [0.29, 0.717) is 22.0 Å². The number of hydrogen-bond donors (Lipinski definition) is 1. The summed E-state index contributed by atoms with van der Waals surface area (Å²) >= 11 is 5.92. The smallest absolute Gasteiger partial charge is 0.300 e. The molecule has 1 fully saturated rings. The predicted octanol–water partition coefficient (Wildman–Crippen LogP) is 4.87. The molecule has 1 aliphatic heterocycles. The Bertz CT molecular complexity index is 1080. The van der Waals surface area contributed by atoms with Crippen molar-refractivity contribution < 1.29 is 19.1 Å². The van der Waals surface area contributed by atoms with E-state index in [4.69, 9.17) is 16.0 Å². The Kier molecular flexibility index (Phi) is 4.53. The van der Waals surface area contributed by atoms with Crippen LogP contribution in [0.15, 0.2) is 76.9 Å². The molecule has 2 aromatic carbocycles. The maximum Gasteiger partial charge on any atom is 0.300 e. The third-order valence-corrected chi connectivity index (χ3v) is 5.00. The van der Waals surface area contributed by atoms with Gasteiger partial charge >= 0.3 is 0 Å². The Balaban J connectivity index is 1.94. The van der Waals surface area contributed by atoms with Crippen molar-refractivity contribution in [2.45, 2.75) is 13.0 Å². The number of carbonyl (C=O) groups is 2. The summed E-state index contributed by atoms with van der Waals surface area (Å²) in [5.74, 6) is -1.37. The molecule has 0 saturated carbocycles. The van der Waals surface area contributed by atoms with Crippen LogP contribution < -0.4 is 4.90 Å². The molecule has 1 aliphatic rings. The molecule has 0 aliphatic carbocycles. The van der Waals surface area contributed by atoms with E-state index in [2.05, 4.69) is 0 Å². The fourth-order valence-corrected chi connectivity index (χ4v) is 3.52. The van der Waals surface area contributed by atoms with Gasteiger partial charge in [-0.2, -0.15) is 0 Å². The lowest BCUT2D eigenvalue weighted by Crippen LogP contribution is -2.29. The van der Waals surface area contributed by atoms with Gasteiger partial charge in [-0.3, -0.25) is 14.5 Å². The van der Waals surface area contributed by atoms with Crippen LogP contribution in [0.4, 0.5) is 5.69 Å². The molecule has 1 unspecified atom stereocenters. The monoisotopic (exact) mass is 393 g/mol.